The van der Waals surface area contributed by atoms with E-state index in [1.807, 2.05) is 0 Å². The van der Waals surface area contributed by atoms with Crippen molar-refractivity contribution < 1.29 is 14.3 Å². The Balaban J connectivity index is 1.99. The Morgan fingerprint density at radius 1 is 1.21 bits per heavy atom. The van der Waals surface area contributed by atoms with Crippen LogP contribution in [0.3, 0.4) is 0 Å². The van der Waals surface area contributed by atoms with Crippen molar-refractivity contribution in [1.82, 2.24) is 0 Å². The van der Waals surface area contributed by atoms with Crippen molar-refractivity contribution in [3.8, 4) is 0 Å². The molecule has 1 fully saturated rings. The predicted molar refractivity (Wildman–Crippen MR) is 54.2 cm³/mol. The van der Waals surface area contributed by atoms with Crippen molar-refractivity contribution in [1.29, 1.82) is 0 Å². The zero-order chi connectivity index (χ0) is 10.2. The summed E-state index contributed by atoms with van der Waals surface area (Å²) in [6, 6.07) is 0. The maximum Gasteiger partial charge on any atom is 0.508 e. The average molecular weight is 200 g/mol. The fraction of sp³-hybridized carbons (Fsp3) is 0.909. The van der Waals surface area contributed by atoms with E-state index in [2.05, 4.69) is 4.74 Å². The van der Waals surface area contributed by atoms with E-state index in [9.17, 15) is 4.79 Å². The monoisotopic (exact) mass is 200 g/mol. The molecule has 0 aromatic carbocycles. The van der Waals surface area contributed by atoms with Gasteiger partial charge in [0.1, 0.15) is 0 Å². The molecule has 3 nitrogen and oxygen atoms in total. The molecule has 1 saturated carbocycles. The number of ether oxygens (including phenoxy) is 2. The predicted octanol–water partition coefficient (Wildman–Crippen LogP) is 3.13. The zero-order valence-corrected chi connectivity index (χ0v) is 8.96. The molecular formula is C11H20O3. The molecule has 0 unspecified atom stereocenters. The summed E-state index contributed by atoms with van der Waals surface area (Å²) >= 11 is 0. The first-order chi connectivity index (χ1) is 6.83. The number of hydrogen-bond acceptors (Lipinski definition) is 3. The van der Waals surface area contributed by atoms with Gasteiger partial charge in [0.25, 0.3) is 0 Å². The Hall–Kier alpha value is -0.730. The molecule has 1 rings (SSSR count). The van der Waals surface area contributed by atoms with Crippen LogP contribution in [0.25, 0.3) is 0 Å². The highest BCUT2D eigenvalue weighted by atomic mass is 16.7. The summed E-state index contributed by atoms with van der Waals surface area (Å²) in [6.45, 7) is 2.69. The smallest absolute Gasteiger partial charge is 0.435 e. The zero-order valence-electron chi connectivity index (χ0n) is 8.96. The minimum absolute atomic E-state index is 0.391. The average Bonchev–Trinajstić information content (AvgIpc) is 2.20. The van der Waals surface area contributed by atoms with Crippen LogP contribution in [0.1, 0.15) is 45.4 Å². The molecule has 82 valence electrons. The standard InChI is InChI=1S/C11H20O3/c1-2-13-11(12)14-9-8-10-6-4-3-5-7-10/h10H,2-9H2,1H3. The van der Waals surface area contributed by atoms with Gasteiger partial charge in [0, 0.05) is 0 Å². The molecule has 0 atom stereocenters. The highest BCUT2D eigenvalue weighted by Gasteiger charge is 2.13. The summed E-state index contributed by atoms with van der Waals surface area (Å²) in [5, 5.41) is 0. The Kier molecular flexibility index (Phi) is 5.42. The molecule has 0 aromatic heterocycles. The Labute approximate surface area is 85.8 Å². The molecule has 14 heavy (non-hydrogen) atoms. The van der Waals surface area contributed by atoms with E-state index in [0.29, 0.717) is 13.2 Å². The van der Waals surface area contributed by atoms with Gasteiger partial charge in [-0.15, -0.1) is 0 Å². The van der Waals surface area contributed by atoms with Gasteiger partial charge in [-0.05, 0) is 19.3 Å². The van der Waals surface area contributed by atoms with E-state index in [-0.39, 0.29) is 0 Å². The molecule has 0 spiro atoms. The molecule has 0 N–H and O–H groups in total. The molecular weight excluding hydrogens is 180 g/mol. The SMILES string of the molecule is CCOC(=O)OCCC1CCCCC1. The van der Waals surface area contributed by atoms with Crippen LogP contribution in [0.4, 0.5) is 4.79 Å². The van der Waals surface area contributed by atoms with Gasteiger partial charge in [0.15, 0.2) is 0 Å². The van der Waals surface area contributed by atoms with Crippen molar-refractivity contribution in [3.05, 3.63) is 0 Å². The molecule has 0 aromatic rings. The van der Waals surface area contributed by atoms with Crippen molar-refractivity contribution >= 4 is 6.16 Å². The lowest BCUT2D eigenvalue weighted by molar-refractivity contribution is 0.0537. The summed E-state index contributed by atoms with van der Waals surface area (Å²) in [6.07, 6.45) is 7.11. The third-order valence-corrected chi connectivity index (χ3v) is 2.73. The highest BCUT2D eigenvalue weighted by Crippen LogP contribution is 2.26. The second-order valence-corrected chi connectivity index (χ2v) is 3.82. The maximum absolute atomic E-state index is 10.8. The second-order valence-electron chi connectivity index (χ2n) is 3.82. The lowest BCUT2D eigenvalue weighted by Gasteiger charge is -2.20. The van der Waals surface area contributed by atoms with Crippen molar-refractivity contribution in [3.63, 3.8) is 0 Å². The van der Waals surface area contributed by atoms with Crippen molar-refractivity contribution in [2.24, 2.45) is 5.92 Å². The van der Waals surface area contributed by atoms with Crippen LogP contribution in [0.2, 0.25) is 0 Å². The quantitative estimate of drug-likeness (QED) is 0.654. The summed E-state index contributed by atoms with van der Waals surface area (Å²) in [4.78, 5) is 10.8. The van der Waals surface area contributed by atoms with E-state index in [0.717, 1.165) is 12.3 Å². The van der Waals surface area contributed by atoms with Crippen LogP contribution in [0, 0.1) is 5.92 Å². The first-order valence-electron chi connectivity index (χ1n) is 5.62. The van der Waals surface area contributed by atoms with E-state index >= 15 is 0 Å². The third-order valence-electron chi connectivity index (χ3n) is 2.73. The minimum Gasteiger partial charge on any atom is -0.435 e. The van der Waals surface area contributed by atoms with E-state index in [4.69, 9.17) is 4.74 Å². The normalized spacial score (nSPS) is 17.8. The summed E-state index contributed by atoms with van der Waals surface area (Å²) < 4.78 is 9.59. The summed E-state index contributed by atoms with van der Waals surface area (Å²) in [5.74, 6) is 0.762. The van der Waals surface area contributed by atoms with Gasteiger partial charge in [-0.2, -0.15) is 0 Å². The van der Waals surface area contributed by atoms with Gasteiger partial charge >= 0.3 is 6.16 Å². The van der Waals surface area contributed by atoms with Crippen LogP contribution in [-0.2, 0) is 9.47 Å². The van der Waals surface area contributed by atoms with Gasteiger partial charge in [-0.25, -0.2) is 4.79 Å². The molecule has 0 radical (unpaired) electrons. The van der Waals surface area contributed by atoms with Crippen LogP contribution in [0.5, 0.6) is 0 Å². The number of carbonyl (C=O) groups excluding carboxylic acids is 1. The van der Waals surface area contributed by atoms with Crippen molar-refractivity contribution in [2.45, 2.75) is 45.4 Å². The maximum atomic E-state index is 10.8. The van der Waals surface area contributed by atoms with E-state index in [1.165, 1.54) is 32.1 Å². The fourth-order valence-corrected chi connectivity index (χ4v) is 1.94. The Morgan fingerprint density at radius 3 is 2.57 bits per heavy atom. The van der Waals surface area contributed by atoms with E-state index in [1.54, 1.807) is 6.92 Å². The lowest BCUT2D eigenvalue weighted by Crippen LogP contribution is -2.13. The van der Waals surface area contributed by atoms with Gasteiger partial charge < -0.3 is 9.47 Å². The van der Waals surface area contributed by atoms with E-state index < -0.39 is 6.16 Å². The van der Waals surface area contributed by atoms with Crippen LogP contribution < -0.4 is 0 Å². The number of rotatable bonds is 4. The molecule has 0 bridgehead atoms. The molecule has 0 saturated heterocycles. The minimum atomic E-state index is -0.525. The third kappa shape index (κ3) is 4.49. The number of hydrogen-bond donors (Lipinski definition) is 0. The largest absolute Gasteiger partial charge is 0.508 e. The topological polar surface area (TPSA) is 35.5 Å². The second kappa shape index (κ2) is 6.68. The Morgan fingerprint density at radius 2 is 1.93 bits per heavy atom. The van der Waals surface area contributed by atoms with Crippen LogP contribution >= 0.6 is 0 Å². The molecule has 0 aliphatic heterocycles. The van der Waals surface area contributed by atoms with Crippen molar-refractivity contribution in [2.75, 3.05) is 13.2 Å². The summed E-state index contributed by atoms with van der Waals surface area (Å²) in [5.41, 5.74) is 0. The van der Waals surface area contributed by atoms with Crippen LogP contribution in [0.15, 0.2) is 0 Å². The first kappa shape index (κ1) is 11.3. The molecule has 0 amide bonds. The molecule has 0 heterocycles. The Bertz CT molecular complexity index is 162. The van der Waals surface area contributed by atoms with Gasteiger partial charge in [0.2, 0.25) is 0 Å². The molecule has 3 heteroatoms. The molecule has 1 aliphatic rings. The van der Waals surface area contributed by atoms with Gasteiger partial charge in [-0.1, -0.05) is 32.1 Å². The highest BCUT2D eigenvalue weighted by molar-refractivity contribution is 5.59. The fourth-order valence-electron chi connectivity index (χ4n) is 1.94. The molecule has 1 aliphatic carbocycles. The lowest BCUT2D eigenvalue weighted by atomic mass is 9.87. The van der Waals surface area contributed by atoms with Crippen LogP contribution in [-0.4, -0.2) is 19.4 Å². The van der Waals surface area contributed by atoms with Gasteiger partial charge in [-0.3, -0.25) is 0 Å². The van der Waals surface area contributed by atoms with Gasteiger partial charge in [0.05, 0.1) is 13.2 Å². The summed E-state index contributed by atoms with van der Waals surface area (Å²) in [7, 11) is 0. The number of carbonyl (C=O) groups is 1. The first-order valence-corrected chi connectivity index (χ1v) is 5.62.